The summed E-state index contributed by atoms with van der Waals surface area (Å²) in [5.74, 6) is 1.96. The second-order valence-corrected chi connectivity index (χ2v) is 11.5. The lowest BCUT2D eigenvalue weighted by Gasteiger charge is -2.34. The third-order valence-electron chi connectivity index (χ3n) is 7.02. The van der Waals surface area contributed by atoms with Gasteiger partial charge in [0.1, 0.15) is 4.90 Å². The molecule has 3 aliphatic rings. The number of likely N-dealkylation sites (tertiary alicyclic amines) is 1. The van der Waals surface area contributed by atoms with Crippen molar-refractivity contribution in [3.8, 4) is 0 Å². The number of aromatic nitrogens is 2. The number of piperidine rings is 2. The zero-order chi connectivity index (χ0) is 22.0. The van der Waals surface area contributed by atoms with E-state index in [4.69, 9.17) is 4.98 Å². The topological polar surface area (TPSA) is 83.5 Å². The van der Waals surface area contributed by atoms with Crippen molar-refractivity contribution in [2.75, 3.05) is 37.3 Å². The number of allylic oxidation sites excluding steroid dienone is 2. The number of amides is 1. The molecular formula is C23H34N4O3S. The van der Waals surface area contributed by atoms with E-state index in [1.54, 1.807) is 0 Å². The van der Waals surface area contributed by atoms with E-state index < -0.39 is 9.84 Å². The Morgan fingerprint density at radius 3 is 2.42 bits per heavy atom. The Morgan fingerprint density at radius 1 is 1.10 bits per heavy atom. The fraction of sp³-hybridized carbons (Fsp3) is 0.696. The summed E-state index contributed by atoms with van der Waals surface area (Å²) in [6, 6.07) is 0. The molecule has 0 bridgehead atoms. The Labute approximate surface area is 185 Å². The molecule has 1 aromatic rings. The molecule has 170 valence electrons. The molecule has 0 radical (unpaired) electrons. The highest BCUT2D eigenvalue weighted by atomic mass is 32.2. The molecule has 0 spiro atoms. The predicted octanol–water partition coefficient (Wildman–Crippen LogP) is 3.18. The number of anilines is 1. The molecule has 3 heterocycles. The zero-order valence-corrected chi connectivity index (χ0v) is 19.5. The number of carbonyl (C=O) groups excluding carboxylic acids is 1. The molecule has 1 aliphatic carbocycles. The van der Waals surface area contributed by atoms with E-state index in [1.165, 1.54) is 12.5 Å². The minimum absolute atomic E-state index is 0.0330. The Bertz CT molecular complexity index is 930. The smallest absolute Gasteiger partial charge is 0.225 e. The summed E-state index contributed by atoms with van der Waals surface area (Å²) in [5.41, 5.74) is 0.636. The molecule has 0 unspecified atom stereocenters. The van der Waals surface area contributed by atoms with Crippen molar-refractivity contribution in [1.82, 2.24) is 14.9 Å². The molecule has 2 aliphatic heterocycles. The van der Waals surface area contributed by atoms with Crippen LogP contribution in [0.2, 0.25) is 0 Å². The van der Waals surface area contributed by atoms with Crippen molar-refractivity contribution in [3.05, 3.63) is 24.0 Å². The fourth-order valence-electron chi connectivity index (χ4n) is 4.93. The molecular weight excluding hydrogens is 412 g/mol. The monoisotopic (exact) mass is 446 g/mol. The second kappa shape index (κ2) is 9.27. The second-order valence-electron chi connectivity index (χ2n) is 9.49. The van der Waals surface area contributed by atoms with Crippen molar-refractivity contribution in [1.29, 1.82) is 0 Å². The van der Waals surface area contributed by atoms with Crippen LogP contribution < -0.4 is 4.90 Å². The summed E-state index contributed by atoms with van der Waals surface area (Å²) in [5, 5.41) is 0. The number of carbonyl (C=O) groups is 1. The lowest BCUT2D eigenvalue weighted by atomic mass is 9.92. The van der Waals surface area contributed by atoms with E-state index >= 15 is 0 Å². The lowest BCUT2D eigenvalue weighted by molar-refractivity contribution is -0.132. The van der Waals surface area contributed by atoms with E-state index in [1.807, 2.05) is 4.90 Å². The van der Waals surface area contributed by atoms with Gasteiger partial charge in [-0.25, -0.2) is 18.4 Å². The van der Waals surface area contributed by atoms with Crippen LogP contribution in [0.3, 0.4) is 0 Å². The summed E-state index contributed by atoms with van der Waals surface area (Å²) in [6.45, 7) is 5.38. The van der Waals surface area contributed by atoms with Gasteiger partial charge in [0, 0.05) is 44.8 Å². The maximum atomic E-state index is 12.7. The van der Waals surface area contributed by atoms with Crippen molar-refractivity contribution in [2.45, 2.75) is 62.7 Å². The number of rotatable bonds is 5. The van der Waals surface area contributed by atoms with Gasteiger partial charge in [0.25, 0.3) is 0 Å². The molecule has 1 amide bonds. The van der Waals surface area contributed by atoms with Crippen LogP contribution in [0.4, 0.5) is 5.95 Å². The zero-order valence-electron chi connectivity index (χ0n) is 18.7. The van der Waals surface area contributed by atoms with Gasteiger partial charge < -0.3 is 9.80 Å². The van der Waals surface area contributed by atoms with Crippen LogP contribution in [0.25, 0.3) is 0 Å². The van der Waals surface area contributed by atoms with Crippen molar-refractivity contribution < 1.29 is 13.2 Å². The van der Waals surface area contributed by atoms with E-state index in [9.17, 15) is 13.2 Å². The first-order valence-corrected chi connectivity index (χ1v) is 13.5. The van der Waals surface area contributed by atoms with Gasteiger partial charge in [-0.05, 0) is 50.4 Å². The number of nitrogens with zero attached hydrogens (tertiary/aromatic N) is 4. The highest BCUT2D eigenvalue weighted by Gasteiger charge is 2.31. The quantitative estimate of drug-likeness (QED) is 0.646. The van der Waals surface area contributed by atoms with Gasteiger partial charge in [0.2, 0.25) is 11.9 Å². The van der Waals surface area contributed by atoms with E-state index in [2.05, 4.69) is 29.0 Å². The minimum atomic E-state index is -3.42. The molecule has 8 heteroatoms. The van der Waals surface area contributed by atoms with Gasteiger partial charge >= 0.3 is 0 Å². The van der Waals surface area contributed by atoms with Crippen molar-refractivity contribution in [2.24, 2.45) is 11.8 Å². The first-order valence-electron chi connectivity index (χ1n) is 11.6. The highest BCUT2D eigenvalue weighted by molar-refractivity contribution is 7.90. The summed E-state index contributed by atoms with van der Waals surface area (Å²) in [6.07, 6.45) is 13.4. The Balaban J connectivity index is 1.48. The van der Waals surface area contributed by atoms with Crippen LogP contribution in [0.15, 0.2) is 23.2 Å². The molecule has 0 saturated carbocycles. The maximum Gasteiger partial charge on any atom is 0.225 e. The summed E-state index contributed by atoms with van der Waals surface area (Å²) >= 11 is 0. The molecule has 2 fully saturated rings. The van der Waals surface area contributed by atoms with Crippen LogP contribution in [-0.4, -0.2) is 61.6 Å². The van der Waals surface area contributed by atoms with Crippen molar-refractivity contribution in [3.63, 3.8) is 0 Å². The molecule has 1 aromatic heterocycles. The van der Waals surface area contributed by atoms with E-state index in [0.717, 1.165) is 51.6 Å². The van der Waals surface area contributed by atoms with Crippen molar-refractivity contribution >= 4 is 21.7 Å². The van der Waals surface area contributed by atoms with Crippen LogP contribution in [0.1, 0.15) is 63.5 Å². The normalized spacial score (nSPS) is 23.5. The molecule has 31 heavy (non-hydrogen) atoms. The maximum absolute atomic E-state index is 12.7. The fourth-order valence-corrected chi connectivity index (χ4v) is 5.77. The largest absolute Gasteiger partial charge is 0.343 e. The average Bonchev–Trinajstić information content (AvgIpc) is 3.26. The number of hydrogen-bond donors (Lipinski definition) is 0. The Hall–Kier alpha value is -1.96. The van der Waals surface area contributed by atoms with Gasteiger partial charge in [-0.3, -0.25) is 4.79 Å². The van der Waals surface area contributed by atoms with E-state index in [0.29, 0.717) is 43.0 Å². The molecule has 0 aromatic carbocycles. The molecule has 1 atom stereocenters. The summed E-state index contributed by atoms with van der Waals surface area (Å²) in [4.78, 5) is 26.2. The van der Waals surface area contributed by atoms with E-state index in [-0.39, 0.29) is 16.7 Å². The average molecular weight is 447 g/mol. The van der Waals surface area contributed by atoms with Crippen LogP contribution in [-0.2, 0) is 14.6 Å². The lowest BCUT2D eigenvalue weighted by Crippen LogP contribution is -2.39. The van der Waals surface area contributed by atoms with Gasteiger partial charge in [-0.15, -0.1) is 0 Å². The Morgan fingerprint density at radius 2 is 1.81 bits per heavy atom. The summed E-state index contributed by atoms with van der Waals surface area (Å²) < 4.78 is 24.9. The standard InChI is InChI=1S/C23H34N4O3S/c1-17-7-11-27(12-8-17)23-24-16-20(31(2,29)30)22(25-23)19-9-13-26(14-10-19)21(28)15-18-5-3-4-6-18/h3,5,16-19H,4,6-15H2,1-2H3/t18-/m0/s1. The Kier molecular flexibility index (Phi) is 6.65. The molecule has 0 N–H and O–H groups in total. The molecule has 4 rings (SSSR count). The minimum Gasteiger partial charge on any atom is -0.343 e. The van der Waals surface area contributed by atoms with Gasteiger partial charge in [-0.2, -0.15) is 0 Å². The SMILES string of the molecule is CC1CCN(c2ncc(S(C)(=O)=O)c(C3CCN(C(=O)C[C@H]4C=CCC4)CC3)n2)CC1. The third-order valence-corrected chi connectivity index (χ3v) is 8.13. The van der Waals surface area contributed by atoms with Crippen LogP contribution >= 0.6 is 0 Å². The number of hydrogen-bond acceptors (Lipinski definition) is 6. The number of sulfone groups is 1. The predicted molar refractivity (Wildman–Crippen MR) is 121 cm³/mol. The first kappa shape index (κ1) is 22.2. The van der Waals surface area contributed by atoms with Gasteiger partial charge in [0.05, 0.1) is 11.9 Å². The van der Waals surface area contributed by atoms with Gasteiger partial charge in [-0.1, -0.05) is 19.1 Å². The first-order chi connectivity index (χ1) is 14.8. The third kappa shape index (κ3) is 5.27. The molecule has 7 nitrogen and oxygen atoms in total. The summed E-state index contributed by atoms with van der Waals surface area (Å²) in [7, 11) is -3.42. The van der Waals surface area contributed by atoms with Crippen LogP contribution in [0.5, 0.6) is 0 Å². The molecule has 2 saturated heterocycles. The highest BCUT2D eigenvalue weighted by Crippen LogP contribution is 2.33. The van der Waals surface area contributed by atoms with Crippen LogP contribution in [0, 0.1) is 11.8 Å². The van der Waals surface area contributed by atoms with Gasteiger partial charge in [0.15, 0.2) is 9.84 Å².